The molecule has 1 aliphatic carbocycles. The molecular weight excluding hydrogens is 258 g/mol. The van der Waals surface area contributed by atoms with Crippen LogP contribution in [0.5, 0.6) is 0 Å². The second kappa shape index (κ2) is 4.66. The molecule has 3 nitrogen and oxygen atoms in total. The summed E-state index contributed by atoms with van der Waals surface area (Å²) in [5.41, 5.74) is 8.24. The first-order valence-electron chi connectivity index (χ1n) is 6.64. The molecule has 100 valence electrons. The molecule has 1 aliphatic rings. The van der Waals surface area contributed by atoms with Gasteiger partial charge in [0.1, 0.15) is 0 Å². The molecule has 0 amide bonds. The van der Waals surface area contributed by atoms with Gasteiger partial charge in [-0.2, -0.15) is 0 Å². The van der Waals surface area contributed by atoms with Crippen molar-refractivity contribution in [2.75, 3.05) is 6.54 Å². The zero-order valence-corrected chi connectivity index (χ0v) is 11.8. The first-order valence-corrected chi connectivity index (χ1v) is 7.02. The Hall–Kier alpha value is -1.32. The number of aromatic nitrogens is 2. The molecule has 0 radical (unpaired) electrons. The van der Waals surface area contributed by atoms with Crippen LogP contribution in [0.15, 0.2) is 36.8 Å². The lowest BCUT2D eigenvalue weighted by Crippen LogP contribution is -2.40. The Morgan fingerprint density at radius 3 is 2.63 bits per heavy atom. The summed E-state index contributed by atoms with van der Waals surface area (Å²) in [6.45, 7) is 2.86. The summed E-state index contributed by atoms with van der Waals surface area (Å²) in [7, 11) is 0. The van der Waals surface area contributed by atoms with Crippen molar-refractivity contribution < 1.29 is 0 Å². The molecule has 19 heavy (non-hydrogen) atoms. The normalized spacial score (nSPS) is 18.3. The van der Waals surface area contributed by atoms with Gasteiger partial charge in [-0.3, -0.25) is 0 Å². The smallest absolute Gasteiger partial charge is 0.0956 e. The number of imidazole rings is 1. The van der Waals surface area contributed by atoms with Gasteiger partial charge in [-0.15, -0.1) is 0 Å². The Labute approximate surface area is 118 Å². The first-order chi connectivity index (χ1) is 9.15. The maximum atomic E-state index is 6.04. The SMILES string of the molecule is CC(CN)(C1CC1)n1cncc1-c1ccc(Cl)cc1. The summed E-state index contributed by atoms with van der Waals surface area (Å²) in [6.07, 6.45) is 6.31. The van der Waals surface area contributed by atoms with Gasteiger partial charge in [0, 0.05) is 11.6 Å². The number of halogens is 1. The second-order valence-electron chi connectivity index (χ2n) is 5.49. The highest BCUT2D eigenvalue weighted by Crippen LogP contribution is 2.45. The Balaban J connectivity index is 2.04. The summed E-state index contributed by atoms with van der Waals surface area (Å²) in [4.78, 5) is 4.32. The van der Waals surface area contributed by atoms with Crippen LogP contribution in [0.3, 0.4) is 0 Å². The van der Waals surface area contributed by atoms with E-state index in [0.29, 0.717) is 12.5 Å². The van der Waals surface area contributed by atoms with E-state index >= 15 is 0 Å². The third-order valence-corrected chi connectivity index (χ3v) is 4.45. The van der Waals surface area contributed by atoms with Crippen molar-refractivity contribution in [2.45, 2.75) is 25.3 Å². The van der Waals surface area contributed by atoms with E-state index in [2.05, 4.69) is 16.5 Å². The molecule has 0 aliphatic heterocycles. The topological polar surface area (TPSA) is 43.8 Å². The molecule has 1 fully saturated rings. The van der Waals surface area contributed by atoms with Crippen LogP contribution in [0.25, 0.3) is 11.3 Å². The van der Waals surface area contributed by atoms with Gasteiger partial charge in [-0.05, 0) is 43.4 Å². The highest BCUT2D eigenvalue weighted by Gasteiger charge is 2.42. The molecule has 4 heteroatoms. The average molecular weight is 276 g/mol. The third kappa shape index (κ3) is 2.17. The molecule has 2 N–H and O–H groups in total. The van der Waals surface area contributed by atoms with E-state index in [1.807, 2.05) is 36.8 Å². The van der Waals surface area contributed by atoms with Crippen LogP contribution in [-0.4, -0.2) is 16.1 Å². The van der Waals surface area contributed by atoms with E-state index in [-0.39, 0.29) is 5.54 Å². The Bertz CT molecular complexity index is 571. The van der Waals surface area contributed by atoms with Crippen molar-refractivity contribution in [1.29, 1.82) is 0 Å². The van der Waals surface area contributed by atoms with E-state index in [9.17, 15) is 0 Å². The largest absolute Gasteiger partial charge is 0.328 e. The lowest BCUT2D eigenvalue weighted by atomic mass is 9.94. The molecule has 0 bridgehead atoms. The minimum absolute atomic E-state index is 0.0362. The number of hydrogen-bond acceptors (Lipinski definition) is 2. The predicted molar refractivity (Wildman–Crippen MR) is 78.1 cm³/mol. The molecule has 1 atom stereocenters. The Kier molecular flexibility index (Phi) is 3.11. The molecule has 1 saturated carbocycles. The van der Waals surface area contributed by atoms with Crippen LogP contribution in [0.2, 0.25) is 5.02 Å². The fourth-order valence-electron chi connectivity index (χ4n) is 2.70. The molecule has 1 aromatic carbocycles. The molecule has 1 aromatic heterocycles. The Morgan fingerprint density at radius 2 is 2.05 bits per heavy atom. The van der Waals surface area contributed by atoms with E-state index in [1.54, 1.807) is 0 Å². The van der Waals surface area contributed by atoms with Crippen LogP contribution >= 0.6 is 11.6 Å². The van der Waals surface area contributed by atoms with Crippen molar-refractivity contribution in [2.24, 2.45) is 11.7 Å². The molecule has 2 aromatic rings. The van der Waals surface area contributed by atoms with Gasteiger partial charge in [-0.25, -0.2) is 4.98 Å². The van der Waals surface area contributed by atoms with Gasteiger partial charge in [0.2, 0.25) is 0 Å². The zero-order valence-electron chi connectivity index (χ0n) is 11.0. The third-order valence-electron chi connectivity index (χ3n) is 4.20. The highest BCUT2D eigenvalue weighted by molar-refractivity contribution is 6.30. The average Bonchev–Trinajstić information content (AvgIpc) is 3.17. The molecule has 1 unspecified atom stereocenters. The van der Waals surface area contributed by atoms with Crippen molar-refractivity contribution >= 4 is 11.6 Å². The molecule has 0 spiro atoms. The maximum Gasteiger partial charge on any atom is 0.0956 e. The lowest BCUT2D eigenvalue weighted by molar-refractivity contribution is 0.284. The van der Waals surface area contributed by atoms with Gasteiger partial charge >= 0.3 is 0 Å². The molecule has 0 saturated heterocycles. The summed E-state index contributed by atoms with van der Waals surface area (Å²) in [5, 5.41) is 0.749. The van der Waals surface area contributed by atoms with E-state index in [4.69, 9.17) is 17.3 Å². The highest BCUT2D eigenvalue weighted by atomic mass is 35.5. The fourth-order valence-corrected chi connectivity index (χ4v) is 2.83. The van der Waals surface area contributed by atoms with E-state index in [0.717, 1.165) is 16.3 Å². The van der Waals surface area contributed by atoms with Crippen LogP contribution in [-0.2, 0) is 5.54 Å². The quantitative estimate of drug-likeness (QED) is 0.930. The first kappa shape index (κ1) is 12.7. The van der Waals surface area contributed by atoms with Crippen LogP contribution in [0, 0.1) is 5.92 Å². The predicted octanol–water partition coefficient (Wildman–Crippen LogP) is 3.29. The minimum Gasteiger partial charge on any atom is -0.328 e. The van der Waals surface area contributed by atoms with Crippen LogP contribution < -0.4 is 5.73 Å². The van der Waals surface area contributed by atoms with Crippen molar-refractivity contribution in [3.05, 3.63) is 41.8 Å². The fraction of sp³-hybridized carbons (Fsp3) is 0.400. The minimum atomic E-state index is -0.0362. The van der Waals surface area contributed by atoms with E-state index < -0.39 is 0 Å². The summed E-state index contributed by atoms with van der Waals surface area (Å²) < 4.78 is 2.23. The zero-order chi connectivity index (χ0) is 13.5. The van der Waals surface area contributed by atoms with Crippen molar-refractivity contribution in [3.63, 3.8) is 0 Å². The Morgan fingerprint density at radius 1 is 1.37 bits per heavy atom. The standard InChI is InChI=1S/C15H18ClN3/c1-15(9-17,12-4-5-12)19-10-18-8-14(19)11-2-6-13(16)7-3-11/h2-3,6-8,10,12H,4-5,9,17H2,1H3. The van der Waals surface area contributed by atoms with Gasteiger partial charge in [0.05, 0.1) is 23.8 Å². The number of rotatable bonds is 4. The van der Waals surface area contributed by atoms with Gasteiger partial charge in [0.25, 0.3) is 0 Å². The number of hydrogen-bond donors (Lipinski definition) is 1. The van der Waals surface area contributed by atoms with Gasteiger partial charge in [0.15, 0.2) is 0 Å². The van der Waals surface area contributed by atoms with Crippen LogP contribution in [0.4, 0.5) is 0 Å². The van der Waals surface area contributed by atoms with Gasteiger partial charge < -0.3 is 10.3 Å². The van der Waals surface area contributed by atoms with Crippen molar-refractivity contribution in [3.8, 4) is 11.3 Å². The number of benzene rings is 1. The summed E-state index contributed by atoms with van der Waals surface area (Å²) in [6, 6.07) is 7.87. The molecular formula is C15H18ClN3. The van der Waals surface area contributed by atoms with Crippen LogP contribution in [0.1, 0.15) is 19.8 Å². The van der Waals surface area contributed by atoms with E-state index in [1.165, 1.54) is 12.8 Å². The molecule has 3 rings (SSSR count). The maximum absolute atomic E-state index is 6.04. The monoisotopic (exact) mass is 275 g/mol. The number of nitrogens with two attached hydrogens (primary N) is 1. The number of nitrogens with zero attached hydrogens (tertiary/aromatic N) is 2. The summed E-state index contributed by atoms with van der Waals surface area (Å²) in [5.74, 6) is 0.665. The van der Waals surface area contributed by atoms with Crippen molar-refractivity contribution in [1.82, 2.24) is 9.55 Å². The van der Waals surface area contributed by atoms with Gasteiger partial charge in [-0.1, -0.05) is 23.7 Å². The lowest BCUT2D eigenvalue weighted by Gasteiger charge is -2.32. The second-order valence-corrected chi connectivity index (χ2v) is 5.93. The molecule has 1 heterocycles. The summed E-state index contributed by atoms with van der Waals surface area (Å²) >= 11 is 5.95.